The lowest BCUT2D eigenvalue weighted by Crippen LogP contribution is -2.15. The van der Waals surface area contributed by atoms with Crippen LogP contribution in [0.4, 0.5) is 0 Å². The summed E-state index contributed by atoms with van der Waals surface area (Å²) in [5.41, 5.74) is 2.14. The fourth-order valence-corrected chi connectivity index (χ4v) is 3.77. The summed E-state index contributed by atoms with van der Waals surface area (Å²) in [6.07, 6.45) is 4.10. The molecule has 1 aromatic carbocycles. The van der Waals surface area contributed by atoms with Crippen molar-refractivity contribution in [1.82, 2.24) is 0 Å². The fourth-order valence-electron chi connectivity index (χ4n) is 2.50. The van der Waals surface area contributed by atoms with Crippen molar-refractivity contribution in [2.45, 2.75) is 36.8 Å². The molecule has 0 amide bonds. The third-order valence-corrected chi connectivity index (χ3v) is 5.09. The van der Waals surface area contributed by atoms with E-state index in [9.17, 15) is 4.79 Å². The number of thioether (sulfide) groups is 1. The highest BCUT2D eigenvalue weighted by Gasteiger charge is 2.24. The number of fused-ring (bicyclic) bond motifs is 2. The van der Waals surface area contributed by atoms with E-state index in [1.165, 1.54) is 5.57 Å². The van der Waals surface area contributed by atoms with Crippen LogP contribution in [0.5, 0.6) is 0 Å². The maximum Gasteiger partial charge on any atom is 0.206 e. The molecule has 1 unspecified atom stereocenters. The van der Waals surface area contributed by atoms with Crippen LogP contribution in [0.25, 0.3) is 17.0 Å². The van der Waals surface area contributed by atoms with Crippen LogP contribution < -0.4 is 5.43 Å². The summed E-state index contributed by atoms with van der Waals surface area (Å²) in [4.78, 5) is 13.3. The van der Waals surface area contributed by atoms with Crippen molar-refractivity contribution in [1.29, 1.82) is 0 Å². The quantitative estimate of drug-likeness (QED) is 0.808. The smallest absolute Gasteiger partial charge is 0.206 e. The molecular weight excluding hydrogens is 256 g/mol. The SMILES string of the molecule is CCC1=Cc2oc3ccccc3c(=O)c2SC1CC. The highest BCUT2D eigenvalue weighted by atomic mass is 32.2. The lowest BCUT2D eigenvalue weighted by Gasteiger charge is -2.22. The van der Waals surface area contributed by atoms with Crippen LogP contribution in [0, 0.1) is 0 Å². The van der Waals surface area contributed by atoms with Gasteiger partial charge in [0.25, 0.3) is 0 Å². The van der Waals surface area contributed by atoms with Crippen LogP contribution in [0.15, 0.2) is 43.9 Å². The zero-order valence-electron chi connectivity index (χ0n) is 11.1. The Morgan fingerprint density at radius 1 is 1.26 bits per heavy atom. The molecule has 2 heterocycles. The molecule has 19 heavy (non-hydrogen) atoms. The van der Waals surface area contributed by atoms with E-state index in [2.05, 4.69) is 19.9 Å². The Morgan fingerprint density at radius 3 is 2.79 bits per heavy atom. The minimum absolute atomic E-state index is 0.103. The van der Waals surface area contributed by atoms with Crippen molar-refractivity contribution in [3.05, 3.63) is 45.8 Å². The minimum atomic E-state index is 0.103. The summed E-state index contributed by atoms with van der Waals surface area (Å²) in [7, 11) is 0. The van der Waals surface area contributed by atoms with Crippen molar-refractivity contribution in [3.8, 4) is 0 Å². The Morgan fingerprint density at radius 2 is 2.05 bits per heavy atom. The second kappa shape index (κ2) is 4.89. The summed E-state index contributed by atoms with van der Waals surface area (Å²) >= 11 is 1.66. The average Bonchev–Trinajstić information content (AvgIpc) is 2.46. The van der Waals surface area contributed by atoms with E-state index in [-0.39, 0.29) is 5.43 Å². The second-order valence-electron chi connectivity index (χ2n) is 4.71. The van der Waals surface area contributed by atoms with Crippen LogP contribution in [0.3, 0.4) is 0 Å². The zero-order chi connectivity index (χ0) is 13.4. The summed E-state index contributed by atoms with van der Waals surface area (Å²) in [5.74, 6) is 0.732. The molecule has 0 saturated carbocycles. The van der Waals surface area contributed by atoms with Gasteiger partial charge in [0.1, 0.15) is 11.3 Å². The largest absolute Gasteiger partial charge is 0.455 e. The lowest BCUT2D eigenvalue weighted by atomic mass is 10.1. The van der Waals surface area contributed by atoms with E-state index in [1.807, 2.05) is 24.3 Å². The number of hydrogen-bond donors (Lipinski definition) is 0. The first kappa shape index (κ1) is 12.5. The standard InChI is InChI=1S/C16H16O2S/c1-3-10-9-13-16(19-14(10)4-2)15(17)11-7-5-6-8-12(11)18-13/h5-9,14H,3-4H2,1-2H3. The van der Waals surface area contributed by atoms with Crippen LogP contribution >= 0.6 is 11.8 Å². The number of hydrogen-bond acceptors (Lipinski definition) is 3. The molecule has 0 saturated heterocycles. The number of rotatable bonds is 2. The van der Waals surface area contributed by atoms with Crippen molar-refractivity contribution in [2.24, 2.45) is 0 Å². The van der Waals surface area contributed by atoms with E-state index >= 15 is 0 Å². The molecule has 2 nitrogen and oxygen atoms in total. The van der Waals surface area contributed by atoms with Gasteiger partial charge in [-0.2, -0.15) is 0 Å². The van der Waals surface area contributed by atoms with Gasteiger partial charge in [-0.15, -0.1) is 11.8 Å². The van der Waals surface area contributed by atoms with Gasteiger partial charge < -0.3 is 4.42 Å². The summed E-state index contributed by atoms with van der Waals surface area (Å²) in [6.45, 7) is 4.31. The molecule has 2 aromatic rings. The Balaban J connectivity index is 2.28. The monoisotopic (exact) mass is 272 g/mol. The Hall–Kier alpha value is -1.48. The highest BCUT2D eigenvalue weighted by molar-refractivity contribution is 8.00. The van der Waals surface area contributed by atoms with E-state index in [0.29, 0.717) is 16.2 Å². The molecule has 1 aliphatic rings. The first-order chi connectivity index (χ1) is 9.24. The molecule has 3 rings (SSSR count). The topological polar surface area (TPSA) is 30.2 Å². The zero-order valence-corrected chi connectivity index (χ0v) is 11.9. The Bertz CT molecular complexity index is 712. The van der Waals surface area contributed by atoms with Crippen LogP contribution in [-0.4, -0.2) is 5.25 Å². The van der Waals surface area contributed by atoms with Crippen molar-refractivity contribution >= 4 is 28.8 Å². The predicted octanol–water partition coefficient (Wildman–Crippen LogP) is 4.47. The molecular formula is C16H16O2S. The molecule has 0 bridgehead atoms. The van der Waals surface area contributed by atoms with E-state index in [1.54, 1.807) is 11.8 Å². The van der Waals surface area contributed by atoms with E-state index in [0.717, 1.165) is 23.5 Å². The van der Waals surface area contributed by atoms with Gasteiger partial charge in [0.2, 0.25) is 5.43 Å². The third-order valence-electron chi connectivity index (χ3n) is 3.55. The van der Waals surface area contributed by atoms with Gasteiger partial charge in [-0.25, -0.2) is 0 Å². The van der Waals surface area contributed by atoms with Gasteiger partial charge in [0.05, 0.1) is 10.3 Å². The van der Waals surface area contributed by atoms with Gasteiger partial charge >= 0.3 is 0 Å². The van der Waals surface area contributed by atoms with Gasteiger partial charge in [-0.05, 0) is 31.1 Å². The van der Waals surface area contributed by atoms with Gasteiger partial charge in [0, 0.05) is 5.25 Å². The van der Waals surface area contributed by atoms with Crippen molar-refractivity contribution < 1.29 is 4.42 Å². The lowest BCUT2D eigenvalue weighted by molar-refractivity contribution is 0.571. The van der Waals surface area contributed by atoms with Crippen LogP contribution in [0.2, 0.25) is 0 Å². The third kappa shape index (κ3) is 2.02. The molecule has 0 spiro atoms. The fraction of sp³-hybridized carbons (Fsp3) is 0.312. The number of para-hydroxylation sites is 1. The highest BCUT2D eigenvalue weighted by Crippen LogP contribution is 2.39. The normalized spacial score (nSPS) is 18.2. The molecule has 0 radical (unpaired) electrons. The maximum absolute atomic E-state index is 12.5. The molecule has 3 heteroatoms. The first-order valence-corrected chi connectivity index (χ1v) is 7.55. The second-order valence-corrected chi connectivity index (χ2v) is 5.92. The average molecular weight is 272 g/mol. The Labute approximate surface area is 116 Å². The van der Waals surface area contributed by atoms with Gasteiger partial charge in [0.15, 0.2) is 0 Å². The molecule has 1 atom stereocenters. The van der Waals surface area contributed by atoms with E-state index in [4.69, 9.17) is 4.42 Å². The molecule has 0 aliphatic carbocycles. The molecule has 0 fully saturated rings. The summed E-state index contributed by atoms with van der Waals surface area (Å²) in [6, 6.07) is 7.46. The van der Waals surface area contributed by atoms with Crippen LogP contribution in [-0.2, 0) is 0 Å². The number of benzene rings is 1. The minimum Gasteiger partial charge on any atom is -0.455 e. The van der Waals surface area contributed by atoms with Gasteiger partial charge in [-0.3, -0.25) is 4.79 Å². The summed E-state index contributed by atoms with van der Waals surface area (Å²) < 4.78 is 5.89. The maximum atomic E-state index is 12.5. The van der Waals surface area contributed by atoms with Crippen LogP contribution in [0.1, 0.15) is 32.4 Å². The summed E-state index contributed by atoms with van der Waals surface area (Å²) in [5, 5.41) is 1.08. The molecule has 0 N–H and O–H groups in total. The molecule has 1 aromatic heterocycles. The first-order valence-electron chi connectivity index (χ1n) is 6.67. The predicted molar refractivity (Wildman–Crippen MR) is 80.7 cm³/mol. The molecule has 1 aliphatic heterocycles. The Kier molecular flexibility index (Phi) is 3.23. The molecule has 98 valence electrons. The van der Waals surface area contributed by atoms with E-state index < -0.39 is 0 Å². The van der Waals surface area contributed by atoms with Crippen molar-refractivity contribution in [2.75, 3.05) is 0 Å². The van der Waals surface area contributed by atoms with Crippen molar-refractivity contribution in [3.63, 3.8) is 0 Å². The van der Waals surface area contributed by atoms with Gasteiger partial charge in [-0.1, -0.05) is 31.6 Å².